The number of aromatic amines is 2. The van der Waals surface area contributed by atoms with Crippen molar-refractivity contribution in [2.45, 2.75) is 4.90 Å². The summed E-state index contributed by atoms with van der Waals surface area (Å²) in [4.78, 5) is 21.9. The number of hydrogen-bond acceptors (Lipinski definition) is 3. The number of H-pyrrole nitrogens is 2. The third kappa shape index (κ3) is 2.33. The highest BCUT2D eigenvalue weighted by Gasteiger charge is 2.17. The van der Waals surface area contributed by atoms with Crippen LogP contribution in [0.4, 0.5) is 10.1 Å². The number of pyridine rings is 1. The number of fused-ring (bicyclic) bond motifs is 4. The number of hydrogen-bond donors (Lipinski definition) is 2. The molecule has 0 fully saturated rings. The van der Waals surface area contributed by atoms with Crippen molar-refractivity contribution in [2.75, 3.05) is 24.2 Å². The van der Waals surface area contributed by atoms with Crippen molar-refractivity contribution in [3.63, 3.8) is 0 Å². The average molecular weight is 365 g/mol. The number of anilines is 1. The predicted molar refractivity (Wildman–Crippen MR) is 106 cm³/mol. The van der Waals surface area contributed by atoms with E-state index in [2.05, 4.69) is 34.0 Å². The molecule has 6 heteroatoms. The monoisotopic (exact) mass is 365 g/mol. The van der Waals surface area contributed by atoms with Gasteiger partial charge in [0.15, 0.2) is 0 Å². The summed E-state index contributed by atoms with van der Waals surface area (Å²) in [6.07, 6.45) is 0. The van der Waals surface area contributed by atoms with Crippen LogP contribution in [0.3, 0.4) is 0 Å². The summed E-state index contributed by atoms with van der Waals surface area (Å²) in [5, 5.41) is 0.686. The number of thioether (sulfide) groups is 1. The topological polar surface area (TPSA) is 51.9 Å². The zero-order valence-corrected chi connectivity index (χ0v) is 14.9. The first-order valence-corrected chi connectivity index (χ1v) is 9.41. The zero-order chi connectivity index (χ0) is 17.8. The van der Waals surface area contributed by atoms with E-state index < -0.39 is 0 Å². The molecule has 0 radical (unpaired) electrons. The van der Waals surface area contributed by atoms with Crippen molar-refractivity contribution in [1.29, 1.82) is 0 Å². The molecular formula is C20H16FN3OS. The Morgan fingerprint density at radius 1 is 1.08 bits per heavy atom. The number of nitrogens with zero attached hydrogens (tertiary/aromatic N) is 1. The van der Waals surface area contributed by atoms with Crippen LogP contribution in [0.25, 0.3) is 33.1 Å². The Labute approximate surface area is 153 Å². The molecule has 26 heavy (non-hydrogen) atoms. The van der Waals surface area contributed by atoms with Crippen LogP contribution in [0.1, 0.15) is 0 Å². The summed E-state index contributed by atoms with van der Waals surface area (Å²) < 4.78 is 13.7. The van der Waals surface area contributed by atoms with Crippen LogP contribution in [0.2, 0.25) is 0 Å². The minimum absolute atomic E-state index is 0.194. The SMILES string of the molecule is CN1CCSc2cc(-c3cc(=O)[nH]c4c3[nH]c3ccc(F)cc34)ccc21. The Morgan fingerprint density at radius 3 is 2.85 bits per heavy atom. The van der Waals surface area contributed by atoms with Gasteiger partial charge in [0.1, 0.15) is 5.82 Å². The molecule has 4 aromatic rings. The van der Waals surface area contributed by atoms with Crippen molar-refractivity contribution in [3.05, 3.63) is 58.6 Å². The summed E-state index contributed by atoms with van der Waals surface area (Å²) >= 11 is 1.83. The maximum atomic E-state index is 13.7. The maximum Gasteiger partial charge on any atom is 0.249 e. The fourth-order valence-electron chi connectivity index (χ4n) is 3.61. The van der Waals surface area contributed by atoms with Crippen LogP contribution >= 0.6 is 11.8 Å². The molecule has 5 rings (SSSR count). The molecule has 1 aliphatic heterocycles. The molecule has 0 saturated carbocycles. The van der Waals surface area contributed by atoms with Gasteiger partial charge in [0.25, 0.3) is 0 Å². The summed E-state index contributed by atoms with van der Waals surface area (Å²) in [5.41, 5.74) is 5.09. The number of aromatic nitrogens is 2. The van der Waals surface area contributed by atoms with Crippen LogP contribution < -0.4 is 10.5 Å². The predicted octanol–water partition coefficient (Wildman–Crippen LogP) is 4.36. The lowest BCUT2D eigenvalue weighted by molar-refractivity contribution is 0.630. The molecule has 2 N–H and O–H groups in total. The van der Waals surface area contributed by atoms with Crippen LogP contribution in [-0.2, 0) is 0 Å². The standard InChI is InChI=1S/C20H16FN3OS/c1-24-6-7-26-17-8-11(2-5-16(17)24)13-10-18(25)23-20-14-9-12(21)3-4-15(14)22-19(13)20/h2-5,8-10,22H,6-7H2,1H3,(H,23,25). The van der Waals surface area contributed by atoms with Crippen LogP contribution in [-0.4, -0.2) is 29.3 Å². The molecule has 3 heterocycles. The quantitative estimate of drug-likeness (QED) is 0.527. The van der Waals surface area contributed by atoms with E-state index in [9.17, 15) is 9.18 Å². The van der Waals surface area contributed by atoms with Crippen LogP contribution in [0, 0.1) is 5.82 Å². The first-order valence-electron chi connectivity index (χ1n) is 8.43. The molecule has 0 aliphatic carbocycles. The van der Waals surface area contributed by atoms with Gasteiger partial charge in [0.2, 0.25) is 5.56 Å². The van der Waals surface area contributed by atoms with Gasteiger partial charge in [-0.25, -0.2) is 4.39 Å². The van der Waals surface area contributed by atoms with Crippen LogP contribution in [0.5, 0.6) is 0 Å². The second-order valence-corrected chi connectivity index (χ2v) is 7.70. The molecule has 0 bridgehead atoms. The first kappa shape index (κ1) is 15.5. The summed E-state index contributed by atoms with van der Waals surface area (Å²) in [6.45, 7) is 1.03. The number of benzene rings is 2. The van der Waals surface area contributed by atoms with Gasteiger partial charge in [-0.15, -0.1) is 11.8 Å². The van der Waals surface area contributed by atoms with Gasteiger partial charge < -0.3 is 14.9 Å². The largest absolute Gasteiger partial charge is 0.373 e. The van der Waals surface area contributed by atoms with E-state index in [0.717, 1.165) is 34.5 Å². The molecule has 0 saturated heterocycles. The van der Waals surface area contributed by atoms with Gasteiger partial charge in [0, 0.05) is 46.8 Å². The Kier molecular flexibility index (Phi) is 3.37. The van der Waals surface area contributed by atoms with Gasteiger partial charge in [-0.2, -0.15) is 0 Å². The minimum atomic E-state index is -0.321. The van der Waals surface area contributed by atoms with Crippen molar-refractivity contribution in [2.24, 2.45) is 0 Å². The Morgan fingerprint density at radius 2 is 1.96 bits per heavy atom. The lowest BCUT2D eigenvalue weighted by atomic mass is 10.0. The third-order valence-corrected chi connectivity index (χ3v) is 5.94. The molecule has 0 atom stereocenters. The van der Waals surface area contributed by atoms with E-state index in [1.54, 1.807) is 12.1 Å². The first-order chi connectivity index (χ1) is 12.6. The molecule has 0 amide bonds. The Balaban J connectivity index is 1.79. The second-order valence-electron chi connectivity index (χ2n) is 6.56. The van der Waals surface area contributed by atoms with Gasteiger partial charge in [-0.05, 0) is 35.9 Å². The zero-order valence-electron chi connectivity index (χ0n) is 14.1. The fraction of sp³-hybridized carbons (Fsp3) is 0.150. The maximum absolute atomic E-state index is 13.7. The summed E-state index contributed by atoms with van der Waals surface area (Å²) in [5.74, 6) is 0.724. The lowest BCUT2D eigenvalue weighted by Gasteiger charge is -2.27. The van der Waals surface area contributed by atoms with Crippen molar-refractivity contribution in [1.82, 2.24) is 9.97 Å². The second kappa shape index (κ2) is 5.64. The van der Waals surface area contributed by atoms with Crippen molar-refractivity contribution >= 4 is 39.4 Å². The minimum Gasteiger partial charge on any atom is -0.373 e. The normalized spacial score (nSPS) is 14.2. The Hall–Kier alpha value is -2.73. The van der Waals surface area contributed by atoms with Gasteiger partial charge in [-0.3, -0.25) is 4.79 Å². The third-order valence-electron chi connectivity index (χ3n) is 4.92. The highest BCUT2D eigenvalue weighted by atomic mass is 32.2. The molecule has 0 unspecified atom stereocenters. The van der Waals surface area contributed by atoms with Crippen molar-refractivity contribution in [3.8, 4) is 11.1 Å². The molecule has 2 aromatic heterocycles. The number of halogens is 1. The van der Waals surface area contributed by atoms with Gasteiger partial charge in [0.05, 0.1) is 16.7 Å². The average Bonchev–Trinajstić information content (AvgIpc) is 2.99. The number of rotatable bonds is 1. The molecule has 0 spiro atoms. The molecule has 2 aromatic carbocycles. The smallest absolute Gasteiger partial charge is 0.249 e. The van der Waals surface area contributed by atoms with E-state index in [4.69, 9.17) is 0 Å². The molecule has 130 valence electrons. The highest BCUT2D eigenvalue weighted by molar-refractivity contribution is 7.99. The molecule has 1 aliphatic rings. The van der Waals surface area contributed by atoms with E-state index >= 15 is 0 Å². The lowest BCUT2D eigenvalue weighted by Crippen LogP contribution is -2.24. The van der Waals surface area contributed by atoms with Gasteiger partial charge >= 0.3 is 0 Å². The number of nitrogens with one attached hydrogen (secondary N) is 2. The van der Waals surface area contributed by atoms with E-state index in [-0.39, 0.29) is 11.4 Å². The molecular weight excluding hydrogens is 349 g/mol. The Bertz CT molecular complexity index is 1230. The molecule has 4 nitrogen and oxygen atoms in total. The fourth-order valence-corrected chi connectivity index (χ4v) is 4.78. The summed E-state index contributed by atoms with van der Waals surface area (Å²) in [7, 11) is 2.09. The van der Waals surface area contributed by atoms with E-state index in [1.807, 2.05) is 17.8 Å². The van der Waals surface area contributed by atoms with E-state index in [1.165, 1.54) is 22.7 Å². The van der Waals surface area contributed by atoms with Crippen LogP contribution in [0.15, 0.2) is 52.2 Å². The highest BCUT2D eigenvalue weighted by Crippen LogP contribution is 2.38. The summed E-state index contributed by atoms with van der Waals surface area (Å²) in [6, 6.07) is 12.5. The van der Waals surface area contributed by atoms with Crippen molar-refractivity contribution < 1.29 is 4.39 Å². The van der Waals surface area contributed by atoms with Gasteiger partial charge in [-0.1, -0.05) is 6.07 Å². The van der Waals surface area contributed by atoms with E-state index in [0.29, 0.717) is 10.9 Å².